The van der Waals surface area contributed by atoms with Gasteiger partial charge in [-0.15, -0.1) is 6.58 Å². The van der Waals surface area contributed by atoms with E-state index in [1.54, 1.807) is 7.05 Å². The van der Waals surface area contributed by atoms with Crippen molar-refractivity contribution in [3.05, 3.63) is 36.6 Å². The van der Waals surface area contributed by atoms with E-state index in [2.05, 4.69) is 23.5 Å². The molecule has 0 saturated heterocycles. The molecule has 0 aliphatic rings. The fraction of sp³-hybridized carbons (Fsp3) is 0.417. The molecule has 1 N–H and O–H groups in total. The first-order chi connectivity index (χ1) is 6.65. The highest BCUT2D eigenvalue weighted by molar-refractivity contribution is 5.81. The highest BCUT2D eigenvalue weighted by Crippen LogP contribution is 2.10. The number of amidine groups is 1. The molecule has 0 atom stereocenters. The maximum atomic E-state index is 4.04. The van der Waals surface area contributed by atoms with E-state index in [0.29, 0.717) is 0 Å². The van der Waals surface area contributed by atoms with Gasteiger partial charge in [-0.05, 0) is 32.3 Å². The summed E-state index contributed by atoms with van der Waals surface area (Å²) in [6.07, 6.45) is 5.75. The Hall–Kier alpha value is -1.31. The monoisotopic (exact) mass is 192 g/mol. The lowest BCUT2D eigenvalue weighted by Crippen LogP contribution is -2.19. The predicted octanol–water partition coefficient (Wildman–Crippen LogP) is 3.05. The molecule has 0 bridgehead atoms. The molecule has 78 valence electrons. The third-order valence-corrected chi connectivity index (χ3v) is 2.05. The predicted molar refractivity (Wildman–Crippen MR) is 64.5 cm³/mol. The Morgan fingerprint density at radius 2 is 2.00 bits per heavy atom. The van der Waals surface area contributed by atoms with Crippen LogP contribution in [0, 0.1) is 0 Å². The molecular formula is C12H20N2. The average Bonchev–Trinajstić information content (AvgIpc) is 2.18. The van der Waals surface area contributed by atoms with Crippen molar-refractivity contribution >= 4 is 5.84 Å². The van der Waals surface area contributed by atoms with Gasteiger partial charge in [0.25, 0.3) is 0 Å². The molecule has 0 spiro atoms. The molecule has 0 amide bonds. The minimum atomic E-state index is 0.917. The first-order valence-corrected chi connectivity index (χ1v) is 4.79. The zero-order valence-electron chi connectivity index (χ0n) is 9.43. The second kappa shape index (κ2) is 7.13. The van der Waals surface area contributed by atoms with Gasteiger partial charge in [-0.2, -0.15) is 0 Å². The molecule has 2 heteroatoms. The molecular weight excluding hydrogens is 172 g/mol. The van der Waals surface area contributed by atoms with Crippen LogP contribution in [-0.4, -0.2) is 12.9 Å². The van der Waals surface area contributed by atoms with Gasteiger partial charge in [0.05, 0.1) is 5.84 Å². The zero-order valence-corrected chi connectivity index (χ0v) is 9.43. The van der Waals surface area contributed by atoms with Crippen LogP contribution in [0.3, 0.4) is 0 Å². The number of hydrogen-bond donors (Lipinski definition) is 1. The first-order valence-electron chi connectivity index (χ1n) is 4.79. The van der Waals surface area contributed by atoms with Crippen LogP contribution in [0.5, 0.6) is 0 Å². The van der Waals surface area contributed by atoms with E-state index in [1.807, 2.05) is 26.0 Å². The van der Waals surface area contributed by atoms with Crippen molar-refractivity contribution in [3.8, 4) is 0 Å². The van der Waals surface area contributed by atoms with Crippen molar-refractivity contribution in [2.75, 3.05) is 7.05 Å². The highest BCUT2D eigenvalue weighted by atomic mass is 15.0. The van der Waals surface area contributed by atoms with Crippen molar-refractivity contribution in [2.24, 2.45) is 4.99 Å². The summed E-state index contributed by atoms with van der Waals surface area (Å²) in [6, 6.07) is 0. The van der Waals surface area contributed by atoms with E-state index in [0.717, 1.165) is 24.4 Å². The van der Waals surface area contributed by atoms with Crippen LogP contribution in [-0.2, 0) is 0 Å². The van der Waals surface area contributed by atoms with Crippen LogP contribution in [0.4, 0.5) is 0 Å². The quantitative estimate of drug-likeness (QED) is 0.308. The van der Waals surface area contributed by atoms with Gasteiger partial charge in [-0.1, -0.05) is 18.7 Å². The molecule has 0 saturated carbocycles. The molecule has 0 fully saturated rings. The van der Waals surface area contributed by atoms with E-state index in [4.69, 9.17) is 0 Å². The third kappa shape index (κ3) is 4.65. The lowest BCUT2D eigenvalue weighted by atomic mass is 10.1. The lowest BCUT2D eigenvalue weighted by Gasteiger charge is -2.09. The summed E-state index contributed by atoms with van der Waals surface area (Å²) in [7, 11) is 1.77. The van der Waals surface area contributed by atoms with E-state index >= 15 is 0 Å². The van der Waals surface area contributed by atoms with Crippen LogP contribution in [0.2, 0.25) is 0 Å². The highest BCUT2D eigenvalue weighted by Gasteiger charge is 1.98. The first kappa shape index (κ1) is 12.7. The Morgan fingerprint density at radius 1 is 1.36 bits per heavy atom. The van der Waals surface area contributed by atoms with Crippen molar-refractivity contribution in [1.29, 1.82) is 0 Å². The fourth-order valence-electron chi connectivity index (χ4n) is 1.11. The smallest absolute Gasteiger partial charge is 0.0969 e. The summed E-state index contributed by atoms with van der Waals surface area (Å²) >= 11 is 0. The Kier molecular flexibility index (Phi) is 6.46. The van der Waals surface area contributed by atoms with Crippen LogP contribution in [0.15, 0.2) is 41.6 Å². The third-order valence-electron chi connectivity index (χ3n) is 2.05. The largest absolute Gasteiger partial charge is 0.348 e. The summed E-state index contributed by atoms with van der Waals surface area (Å²) in [5.41, 5.74) is 2.33. The second-order valence-corrected chi connectivity index (χ2v) is 3.12. The van der Waals surface area contributed by atoms with Gasteiger partial charge in [-0.25, -0.2) is 0 Å². The maximum Gasteiger partial charge on any atom is 0.0969 e. The van der Waals surface area contributed by atoms with Gasteiger partial charge in [0.15, 0.2) is 0 Å². The van der Waals surface area contributed by atoms with Gasteiger partial charge in [0.2, 0.25) is 0 Å². The standard InChI is InChI=1S/C12H20N2/c1-6-8-9-12(7-2)10(3)14-11(4)13-5/h6-7H,1-2,8-9H2,3-5H3,(H,13,14)/b12-10+. The Balaban J connectivity index is 4.48. The number of hydrogen-bond acceptors (Lipinski definition) is 1. The van der Waals surface area contributed by atoms with Crippen molar-refractivity contribution in [2.45, 2.75) is 26.7 Å². The fourth-order valence-corrected chi connectivity index (χ4v) is 1.11. The summed E-state index contributed by atoms with van der Waals surface area (Å²) in [5.74, 6) is 0.917. The average molecular weight is 192 g/mol. The Labute approximate surface area is 87.1 Å². The summed E-state index contributed by atoms with van der Waals surface area (Å²) in [6.45, 7) is 11.5. The normalized spacial score (nSPS) is 13.2. The molecule has 0 aromatic heterocycles. The van der Waals surface area contributed by atoms with E-state index < -0.39 is 0 Å². The van der Waals surface area contributed by atoms with E-state index in [9.17, 15) is 0 Å². The minimum absolute atomic E-state index is 0.917. The molecule has 0 aliphatic heterocycles. The van der Waals surface area contributed by atoms with Crippen LogP contribution < -0.4 is 5.32 Å². The van der Waals surface area contributed by atoms with Gasteiger partial charge < -0.3 is 5.32 Å². The number of nitrogens with one attached hydrogen (secondary N) is 1. The topological polar surface area (TPSA) is 24.4 Å². The summed E-state index contributed by atoms with van der Waals surface area (Å²) in [5, 5.41) is 3.21. The molecule has 0 unspecified atom stereocenters. The minimum Gasteiger partial charge on any atom is -0.348 e. The molecule has 0 radical (unpaired) electrons. The number of aliphatic imine (C=N–C) groups is 1. The number of nitrogens with zero attached hydrogens (tertiary/aromatic N) is 1. The number of allylic oxidation sites excluding steroid dienone is 4. The van der Waals surface area contributed by atoms with Crippen LogP contribution in [0.25, 0.3) is 0 Å². The SMILES string of the molecule is C=CCC/C(C=C)=C(\C)NC(C)=NC. The van der Waals surface area contributed by atoms with E-state index in [1.165, 1.54) is 5.57 Å². The number of rotatable bonds is 5. The van der Waals surface area contributed by atoms with E-state index in [-0.39, 0.29) is 0 Å². The van der Waals surface area contributed by atoms with Crippen molar-refractivity contribution in [1.82, 2.24) is 5.32 Å². The molecule has 0 aromatic rings. The second-order valence-electron chi connectivity index (χ2n) is 3.12. The summed E-state index contributed by atoms with van der Waals surface area (Å²) in [4.78, 5) is 4.04. The van der Waals surface area contributed by atoms with Crippen LogP contribution in [0.1, 0.15) is 26.7 Å². The Bertz CT molecular complexity index is 259. The van der Waals surface area contributed by atoms with Gasteiger partial charge in [-0.3, -0.25) is 4.99 Å². The summed E-state index contributed by atoms with van der Waals surface area (Å²) < 4.78 is 0. The molecule has 0 rings (SSSR count). The van der Waals surface area contributed by atoms with Gasteiger partial charge in [0, 0.05) is 12.7 Å². The molecule has 0 aromatic carbocycles. The molecule has 0 heterocycles. The van der Waals surface area contributed by atoms with Gasteiger partial charge in [0.1, 0.15) is 0 Å². The Morgan fingerprint density at radius 3 is 2.43 bits per heavy atom. The maximum absolute atomic E-state index is 4.04. The molecule has 2 nitrogen and oxygen atoms in total. The van der Waals surface area contributed by atoms with Crippen LogP contribution >= 0.6 is 0 Å². The zero-order chi connectivity index (χ0) is 11.0. The van der Waals surface area contributed by atoms with Crippen molar-refractivity contribution in [3.63, 3.8) is 0 Å². The molecule has 0 aliphatic carbocycles. The van der Waals surface area contributed by atoms with Gasteiger partial charge >= 0.3 is 0 Å². The lowest BCUT2D eigenvalue weighted by molar-refractivity contribution is 0.951. The molecule has 14 heavy (non-hydrogen) atoms. The van der Waals surface area contributed by atoms with Crippen molar-refractivity contribution < 1.29 is 0 Å².